The molecular formula is C18H29ClFIN4. The van der Waals surface area contributed by atoms with Crippen molar-refractivity contribution in [2.24, 2.45) is 4.99 Å². The van der Waals surface area contributed by atoms with E-state index in [9.17, 15) is 4.39 Å². The predicted molar refractivity (Wildman–Crippen MR) is 115 cm³/mol. The minimum absolute atomic E-state index is 0. The second kappa shape index (κ2) is 11.2. The Kier molecular flexibility index (Phi) is 10.0. The lowest BCUT2D eigenvalue weighted by Crippen LogP contribution is -2.43. The lowest BCUT2D eigenvalue weighted by atomic mass is 10.1. The second-order valence-corrected chi connectivity index (χ2v) is 6.48. The molecule has 1 aromatic rings. The highest BCUT2D eigenvalue weighted by atomic mass is 127. The molecule has 0 aromatic heterocycles. The van der Waals surface area contributed by atoms with E-state index in [2.05, 4.69) is 34.0 Å². The van der Waals surface area contributed by atoms with Crippen LogP contribution in [-0.4, -0.2) is 61.6 Å². The molecule has 0 spiro atoms. The van der Waals surface area contributed by atoms with Crippen LogP contribution in [0.15, 0.2) is 23.2 Å². The van der Waals surface area contributed by atoms with Gasteiger partial charge in [-0.05, 0) is 43.6 Å². The molecule has 0 aliphatic carbocycles. The molecular weight excluding hydrogens is 454 g/mol. The van der Waals surface area contributed by atoms with Gasteiger partial charge in [0.15, 0.2) is 5.96 Å². The summed E-state index contributed by atoms with van der Waals surface area (Å²) in [7, 11) is 1.82. The van der Waals surface area contributed by atoms with Crippen LogP contribution >= 0.6 is 35.6 Å². The molecule has 1 heterocycles. The van der Waals surface area contributed by atoms with Gasteiger partial charge in [-0.15, -0.1) is 24.0 Å². The third-order valence-electron chi connectivity index (χ3n) is 4.70. The first-order valence-electron chi connectivity index (χ1n) is 8.72. The fraction of sp³-hybridized carbons (Fsp3) is 0.611. The summed E-state index contributed by atoms with van der Waals surface area (Å²) in [5, 5.41) is 3.88. The monoisotopic (exact) mass is 482 g/mol. The number of hydrogen-bond donors (Lipinski definition) is 1. The van der Waals surface area contributed by atoms with Gasteiger partial charge in [0.2, 0.25) is 0 Å². The molecule has 142 valence electrons. The number of hydrogen-bond acceptors (Lipinski definition) is 2. The fourth-order valence-corrected chi connectivity index (χ4v) is 3.60. The number of likely N-dealkylation sites (tertiary alicyclic amines) is 1. The van der Waals surface area contributed by atoms with Crippen molar-refractivity contribution in [3.63, 3.8) is 0 Å². The normalized spacial score (nSPS) is 17.8. The maximum Gasteiger partial charge on any atom is 0.193 e. The minimum atomic E-state index is -0.299. The number of halogens is 3. The lowest BCUT2D eigenvalue weighted by molar-refractivity contribution is 0.223. The molecule has 0 saturated carbocycles. The van der Waals surface area contributed by atoms with E-state index in [1.807, 2.05) is 7.05 Å². The lowest BCUT2D eigenvalue weighted by Gasteiger charge is -2.27. The standard InChI is InChI=1S/C18H28ClFN4.HI/c1-4-23(5-2)16-9-11-24(13-16)18(21-3)22-10-8-14-6-7-15(20)12-17(14)19;/h6-7,12,16H,4-5,8-11,13H2,1-3H3,(H,21,22);1H. The Morgan fingerprint density at radius 2 is 2.12 bits per heavy atom. The smallest absolute Gasteiger partial charge is 0.193 e. The first kappa shape index (κ1) is 22.4. The van der Waals surface area contributed by atoms with Crippen molar-refractivity contribution < 1.29 is 4.39 Å². The summed E-state index contributed by atoms with van der Waals surface area (Å²) in [4.78, 5) is 9.22. The second-order valence-electron chi connectivity index (χ2n) is 6.07. The molecule has 1 unspecified atom stereocenters. The van der Waals surface area contributed by atoms with E-state index in [0.717, 1.165) is 50.7 Å². The summed E-state index contributed by atoms with van der Waals surface area (Å²) < 4.78 is 13.1. The van der Waals surface area contributed by atoms with Crippen LogP contribution in [0.5, 0.6) is 0 Å². The number of benzene rings is 1. The molecule has 1 atom stereocenters. The topological polar surface area (TPSA) is 30.9 Å². The van der Waals surface area contributed by atoms with Crippen molar-refractivity contribution in [1.29, 1.82) is 0 Å². The van der Waals surface area contributed by atoms with E-state index < -0.39 is 0 Å². The Balaban J connectivity index is 0.00000312. The Morgan fingerprint density at radius 1 is 1.40 bits per heavy atom. The highest BCUT2D eigenvalue weighted by Crippen LogP contribution is 2.18. The van der Waals surface area contributed by atoms with E-state index >= 15 is 0 Å². The molecule has 1 saturated heterocycles. The quantitative estimate of drug-likeness (QED) is 0.382. The molecule has 1 fully saturated rings. The van der Waals surface area contributed by atoms with Crippen molar-refractivity contribution in [2.75, 3.05) is 39.8 Å². The van der Waals surface area contributed by atoms with Gasteiger partial charge in [-0.3, -0.25) is 9.89 Å². The molecule has 0 radical (unpaired) electrons. The maximum atomic E-state index is 13.1. The largest absolute Gasteiger partial charge is 0.356 e. The zero-order valence-corrected chi connectivity index (χ0v) is 18.4. The van der Waals surface area contributed by atoms with E-state index in [-0.39, 0.29) is 29.8 Å². The third-order valence-corrected chi connectivity index (χ3v) is 5.05. The van der Waals surface area contributed by atoms with Gasteiger partial charge in [-0.25, -0.2) is 4.39 Å². The highest BCUT2D eigenvalue weighted by Gasteiger charge is 2.27. The molecule has 0 bridgehead atoms. The van der Waals surface area contributed by atoms with E-state index in [4.69, 9.17) is 11.6 Å². The molecule has 1 aliphatic rings. The van der Waals surface area contributed by atoms with E-state index in [1.54, 1.807) is 6.07 Å². The first-order valence-corrected chi connectivity index (χ1v) is 9.10. The first-order chi connectivity index (χ1) is 11.6. The van der Waals surface area contributed by atoms with Crippen LogP contribution < -0.4 is 5.32 Å². The van der Waals surface area contributed by atoms with Crippen LogP contribution in [-0.2, 0) is 6.42 Å². The van der Waals surface area contributed by atoms with Gasteiger partial charge in [-0.1, -0.05) is 31.5 Å². The van der Waals surface area contributed by atoms with Crippen molar-refractivity contribution >= 4 is 41.5 Å². The summed E-state index contributed by atoms with van der Waals surface area (Å²) >= 11 is 6.08. The van der Waals surface area contributed by atoms with E-state index in [0.29, 0.717) is 11.1 Å². The minimum Gasteiger partial charge on any atom is -0.356 e. The highest BCUT2D eigenvalue weighted by molar-refractivity contribution is 14.0. The van der Waals surface area contributed by atoms with Crippen molar-refractivity contribution in [3.05, 3.63) is 34.6 Å². The number of nitrogens with zero attached hydrogens (tertiary/aromatic N) is 3. The van der Waals surface area contributed by atoms with Gasteiger partial charge in [0.1, 0.15) is 5.82 Å². The average Bonchev–Trinajstić information content (AvgIpc) is 3.04. The fourth-order valence-electron chi connectivity index (χ4n) is 3.34. The van der Waals surface area contributed by atoms with Crippen LogP contribution in [0.2, 0.25) is 5.02 Å². The van der Waals surface area contributed by atoms with Gasteiger partial charge in [0.25, 0.3) is 0 Å². The van der Waals surface area contributed by atoms with Gasteiger partial charge >= 0.3 is 0 Å². The van der Waals surface area contributed by atoms with Crippen LogP contribution in [0.25, 0.3) is 0 Å². The van der Waals surface area contributed by atoms with Crippen LogP contribution in [0.3, 0.4) is 0 Å². The van der Waals surface area contributed by atoms with Crippen molar-refractivity contribution in [1.82, 2.24) is 15.1 Å². The van der Waals surface area contributed by atoms with Crippen LogP contribution in [0.4, 0.5) is 4.39 Å². The molecule has 1 N–H and O–H groups in total. The van der Waals surface area contributed by atoms with Gasteiger partial charge in [0.05, 0.1) is 0 Å². The Hall–Kier alpha value is -0.600. The van der Waals surface area contributed by atoms with Crippen molar-refractivity contribution in [3.8, 4) is 0 Å². The molecule has 4 nitrogen and oxygen atoms in total. The van der Waals surface area contributed by atoms with E-state index in [1.165, 1.54) is 18.6 Å². The predicted octanol–water partition coefficient (Wildman–Crippen LogP) is 3.63. The molecule has 7 heteroatoms. The summed E-state index contributed by atoms with van der Waals surface area (Å²) in [5.74, 6) is 0.634. The summed E-state index contributed by atoms with van der Waals surface area (Å²) in [6.07, 6.45) is 1.91. The number of likely N-dealkylation sites (N-methyl/N-ethyl adjacent to an activating group) is 1. The van der Waals surface area contributed by atoms with Gasteiger partial charge < -0.3 is 10.2 Å². The summed E-state index contributed by atoms with van der Waals surface area (Å²) in [6.45, 7) is 9.37. The van der Waals surface area contributed by atoms with Crippen LogP contribution in [0, 0.1) is 5.82 Å². The molecule has 25 heavy (non-hydrogen) atoms. The number of guanidine groups is 1. The van der Waals surface area contributed by atoms with Crippen LogP contribution in [0.1, 0.15) is 25.8 Å². The Bertz CT molecular complexity index is 566. The average molecular weight is 483 g/mol. The third kappa shape index (κ3) is 6.25. The van der Waals surface area contributed by atoms with Gasteiger partial charge in [0, 0.05) is 37.7 Å². The molecule has 1 aliphatic heterocycles. The van der Waals surface area contributed by atoms with Gasteiger partial charge in [-0.2, -0.15) is 0 Å². The zero-order valence-electron chi connectivity index (χ0n) is 15.3. The zero-order chi connectivity index (χ0) is 17.5. The summed E-state index contributed by atoms with van der Waals surface area (Å²) in [6, 6.07) is 5.16. The number of nitrogens with one attached hydrogen (secondary N) is 1. The Labute approximate surface area is 172 Å². The number of aliphatic imine (C=N–C) groups is 1. The summed E-state index contributed by atoms with van der Waals surface area (Å²) in [5.41, 5.74) is 0.948. The Morgan fingerprint density at radius 3 is 2.72 bits per heavy atom. The van der Waals surface area contributed by atoms with Crippen molar-refractivity contribution in [2.45, 2.75) is 32.7 Å². The molecule has 0 amide bonds. The SMILES string of the molecule is CCN(CC)C1CCN(C(=NC)NCCc2ccc(F)cc2Cl)C1.I. The molecule has 1 aromatic carbocycles. The molecule has 2 rings (SSSR count). The number of rotatable bonds is 6. The maximum absolute atomic E-state index is 13.1.